The van der Waals surface area contributed by atoms with E-state index in [0.717, 1.165) is 18.4 Å². The third-order valence-electron chi connectivity index (χ3n) is 4.58. The summed E-state index contributed by atoms with van der Waals surface area (Å²) in [7, 11) is 0. The highest BCUT2D eigenvalue weighted by Gasteiger charge is 2.42. The van der Waals surface area contributed by atoms with Crippen molar-refractivity contribution >= 4 is 23.9 Å². The van der Waals surface area contributed by atoms with Crippen molar-refractivity contribution in [3.63, 3.8) is 0 Å². The van der Waals surface area contributed by atoms with Crippen LogP contribution in [0.15, 0.2) is 30.3 Å². The summed E-state index contributed by atoms with van der Waals surface area (Å²) in [4.78, 5) is 48.0. The molecule has 9 heteroatoms. The van der Waals surface area contributed by atoms with E-state index in [1.54, 1.807) is 6.92 Å². The van der Waals surface area contributed by atoms with Gasteiger partial charge in [0.2, 0.25) is 11.8 Å². The molecule has 0 saturated heterocycles. The zero-order valence-corrected chi connectivity index (χ0v) is 16.5. The molecule has 0 aliphatic heterocycles. The van der Waals surface area contributed by atoms with Gasteiger partial charge >= 0.3 is 12.1 Å². The minimum Gasteiger partial charge on any atom is -0.465 e. The van der Waals surface area contributed by atoms with Gasteiger partial charge < -0.3 is 25.4 Å². The third-order valence-corrected chi connectivity index (χ3v) is 4.58. The van der Waals surface area contributed by atoms with Gasteiger partial charge in [-0.2, -0.15) is 0 Å². The molecule has 0 bridgehead atoms. The predicted molar refractivity (Wildman–Crippen MR) is 104 cm³/mol. The average molecular weight is 405 g/mol. The molecule has 0 heterocycles. The average Bonchev–Trinajstić information content (AvgIpc) is 3.19. The van der Waals surface area contributed by atoms with E-state index in [1.165, 1.54) is 0 Å². The van der Waals surface area contributed by atoms with Crippen LogP contribution in [-0.4, -0.2) is 49.1 Å². The second-order valence-corrected chi connectivity index (χ2v) is 6.74. The number of alkyl carbamates (subject to hydrolysis) is 1. The molecule has 29 heavy (non-hydrogen) atoms. The maximum atomic E-state index is 12.6. The van der Waals surface area contributed by atoms with Crippen LogP contribution < -0.4 is 16.0 Å². The van der Waals surface area contributed by atoms with Crippen molar-refractivity contribution in [1.82, 2.24) is 16.0 Å². The Kier molecular flexibility index (Phi) is 8.45. The van der Waals surface area contributed by atoms with Crippen LogP contribution in [0.2, 0.25) is 0 Å². The summed E-state index contributed by atoms with van der Waals surface area (Å²) in [6.07, 6.45) is 1.76. The fraction of sp³-hybridized carbons (Fsp3) is 0.500. The minimum absolute atomic E-state index is 0.0918. The van der Waals surface area contributed by atoms with Crippen molar-refractivity contribution in [3.05, 3.63) is 35.9 Å². The smallest absolute Gasteiger partial charge is 0.407 e. The van der Waals surface area contributed by atoms with E-state index >= 15 is 0 Å². The van der Waals surface area contributed by atoms with E-state index in [4.69, 9.17) is 9.47 Å². The van der Waals surface area contributed by atoms with Gasteiger partial charge in [0.05, 0.1) is 6.61 Å². The quantitative estimate of drug-likeness (QED) is 0.527. The zero-order valence-electron chi connectivity index (χ0n) is 16.5. The van der Waals surface area contributed by atoms with E-state index in [9.17, 15) is 19.2 Å². The normalized spacial score (nSPS) is 14.5. The first-order valence-corrected chi connectivity index (χ1v) is 9.64. The molecule has 0 radical (unpaired) electrons. The molecule has 0 atom stereocenters. The summed E-state index contributed by atoms with van der Waals surface area (Å²) in [6.45, 7) is 1.42. The Bertz CT molecular complexity index is 716. The van der Waals surface area contributed by atoms with Crippen LogP contribution in [0.4, 0.5) is 4.79 Å². The lowest BCUT2D eigenvalue weighted by molar-refractivity contribution is -0.144. The third kappa shape index (κ3) is 7.10. The van der Waals surface area contributed by atoms with Crippen molar-refractivity contribution in [2.75, 3.05) is 19.7 Å². The number of nitrogens with one attached hydrogen (secondary N) is 3. The fourth-order valence-electron chi connectivity index (χ4n) is 3.16. The number of esters is 1. The summed E-state index contributed by atoms with van der Waals surface area (Å²) >= 11 is 0. The lowest BCUT2D eigenvalue weighted by Crippen LogP contribution is -2.59. The molecule has 3 amide bonds. The molecule has 1 saturated carbocycles. The molecule has 3 N–H and O–H groups in total. The van der Waals surface area contributed by atoms with Gasteiger partial charge in [-0.05, 0) is 25.3 Å². The predicted octanol–water partition coefficient (Wildman–Crippen LogP) is 1.02. The zero-order chi connectivity index (χ0) is 21.1. The van der Waals surface area contributed by atoms with E-state index < -0.39 is 29.4 Å². The number of amides is 3. The summed E-state index contributed by atoms with van der Waals surface area (Å²) in [5.41, 5.74) is -0.255. The minimum atomic E-state index is -1.08. The number of hydrogen-bond donors (Lipinski definition) is 3. The van der Waals surface area contributed by atoms with E-state index in [1.807, 2.05) is 30.3 Å². The number of benzene rings is 1. The highest BCUT2D eigenvalue weighted by Crippen LogP contribution is 2.29. The van der Waals surface area contributed by atoms with Crippen LogP contribution in [0.1, 0.15) is 38.2 Å². The van der Waals surface area contributed by atoms with Gasteiger partial charge in [0, 0.05) is 0 Å². The fourth-order valence-corrected chi connectivity index (χ4v) is 3.16. The molecule has 1 aromatic carbocycles. The molecule has 9 nitrogen and oxygen atoms in total. The topological polar surface area (TPSA) is 123 Å². The van der Waals surface area contributed by atoms with Crippen LogP contribution in [0.25, 0.3) is 0 Å². The summed E-state index contributed by atoms with van der Waals surface area (Å²) in [5, 5.41) is 7.59. The number of rotatable bonds is 9. The molecular weight excluding hydrogens is 378 g/mol. The molecule has 0 aromatic heterocycles. The highest BCUT2D eigenvalue weighted by atomic mass is 16.5. The first-order chi connectivity index (χ1) is 13.9. The molecule has 1 aliphatic carbocycles. The Morgan fingerprint density at radius 2 is 1.66 bits per heavy atom. The summed E-state index contributed by atoms with van der Waals surface area (Å²) in [6, 6.07) is 9.16. The Hall–Kier alpha value is -3.10. The number of carbonyl (C=O) groups is 4. The first kappa shape index (κ1) is 22.2. The Morgan fingerprint density at radius 1 is 0.966 bits per heavy atom. The Morgan fingerprint density at radius 3 is 2.31 bits per heavy atom. The van der Waals surface area contributed by atoms with E-state index in [-0.39, 0.29) is 26.3 Å². The van der Waals surface area contributed by atoms with Crippen LogP contribution in [0, 0.1) is 0 Å². The van der Waals surface area contributed by atoms with Gasteiger partial charge in [-0.1, -0.05) is 43.2 Å². The van der Waals surface area contributed by atoms with Crippen molar-refractivity contribution in [2.45, 2.75) is 44.8 Å². The van der Waals surface area contributed by atoms with E-state index in [0.29, 0.717) is 12.8 Å². The molecule has 0 spiro atoms. The molecule has 1 fully saturated rings. The van der Waals surface area contributed by atoms with Gasteiger partial charge in [0.1, 0.15) is 25.2 Å². The monoisotopic (exact) mass is 405 g/mol. The van der Waals surface area contributed by atoms with E-state index in [2.05, 4.69) is 16.0 Å². The van der Waals surface area contributed by atoms with Crippen LogP contribution in [0.5, 0.6) is 0 Å². The Balaban J connectivity index is 1.78. The maximum absolute atomic E-state index is 12.6. The lowest BCUT2D eigenvalue weighted by Gasteiger charge is -2.28. The molecule has 0 unspecified atom stereocenters. The van der Waals surface area contributed by atoms with Gasteiger partial charge in [0.25, 0.3) is 0 Å². The van der Waals surface area contributed by atoms with Crippen molar-refractivity contribution in [1.29, 1.82) is 0 Å². The number of carbonyl (C=O) groups excluding carboxylic acids is 4. The van der Waals surface area contributed by atoms with Gasteiger partial charge in [-0.3, -0.25) is 14.4 Å². The second-order valence-electron chi connectivity index (χ2n) is 6.74. The molecule has 1 aliphatic rings. The summed E-state index contributed by atoms with van der Waals surface area (Å²) < 4.78 is 9.83. The van der Waals surface area contributed by atoms with Crippen LogP contribution in [-0.2, 0) is 30.5 Å². The lowest BCUT2D eigenvalue weighted by atomic mass is 9.96. The second kappa shape index (κ2) is 11.0. The van der Waals surface area contributed by atoms with Gasteiger partial charge in [-0.25, -0.2) is 4.79 Å². The highest BCUT2D eigenvalue weighted by molar-refractivity contribution is 5.94. The largest absolute Gasteiger partial charge is 0.465 e. The van der Waals surface area contributed by atoms with Crippen molar-refractivity contribution in [2.24, 2.45) is 0 Å². The maximum Gasteiger partial charge on any atom is 0.407 e. The standard InChI is InChI=1S/C20H27N3O6/c1-2-28-17(25)13-21-18(26)20(10-6-7-11-20)23-16(24)12-22-19(27)29-14-15-8-4-3-5-9-15/h3-5,8-9H,2,6-7,10-14H2,1H3,(H,21,26)(H,22,27)(H,23,24). The van der Waals surface area contributed by atoms with Gasteiger partial charge in [0.15, 0.2) is 0 Å². The summed E-state index contributed by atoms with van der Waals surface area (Å²) in [5.74, 6) is -1.47. The first-order valence-electron chi connectivity index (χ1n) is 9.64. The molecule has 158 valence electrons. The van der Waals surface area contributed by atoms with Crippen molar-refractivity contribution in [3.8, 4) is 0 Å². The van der Waals surface area contributed by atoms with Crippen LogP contribution in [0.3, 0.4) is 0 Å². The van der Waals surface area contributed by atoms with Gasteiger partial charge in [-0.15, -0.1) is 0 Å². The molecular formula is C20H27N3O6. The number of hydrogen-bond acceptors (Lipinski definition) is 6. The number of ether oxygens (including phenoxy) is 2. The van der Waals surface area contributed by atoms with Crippen LogP contribution >= 0.6 is 0 Å². The Labute approximate surface area is 169 Å². The van der Waals surface area contributed by atoms with Crippen molar-refractivity contribution < 1.29 is 28.7 Å². The molecule has 1 aromatic rings. The SMILES string of the molecule is CCOC(=O)CNC(=O)C1(NC(=O)CNC(=O)OCc2ccccc2)CCCC1. The molecule has 2 rings (SSSR count).